The lowest BCUT2D eigenvalue weighted by Gasteiger charge is -2.35. The van der Waals surface area contributed by atoms with Crippen molar-refractivity contribution < 1.29 is 14.3 Å². The molecule has 0 saturated heterocycles. The summed E-state index contributed by atoms with van der Waals surface area (Å²) in [5.41, 5.74) is 0.795. The molecule has 2 amide bonds. The Hall–Kier alpha value is -3.09. The topological polar surface area (TPSA) is 83.6 Å². The van der Waals surface area contributed by atoms with Crippen LogP contribution in [0.15, 0.2) is 48.7 Å². The molecule has 1 aliphatic rings. The number of anilines is 2. The maximum atomic E-state index is 12.4. The van der Waals surface area contributed by atoms with Crippen molar-refractivity contribution in [2.75, 3.05) is 29.9 Å². The predicted octanol–water partition coefficient (Wildman–Crippen LogP) is 1.81. The second-order valence-electron chi connectivity index (χ2n) is 6.01. The number of amides is 2. The molecule has 0 radical (unpaired) electrons. The first-order valence-corrected chi connectivity index (χ1v) is 8.66. The summed E-state index contributed by atoms with van der Waals surface area (Å²) < 4.78 is 5.82. The third kappa shape index (κ3) is 4.30. The number of carbonyl (C=O) groups is 2. The molecular formula is C19H22N4O3. The summed E-state index contributed by atoms with van der Waals surface area (Å²) >= 11 is 0. The Labute approximate surface area is 152 Å². The average molecular weight is 354 g/mol. The molecule has 7 heteroatoms. The van der Waals surface area contributed by atoms with Crippen molar-refractivity contribution in [2.24, 2.45) is 0 Å². The number of hydrogen-bond acceptors (Lipinski definition) is 5. The van der Waals surface area contributed by atoms with Crippen LogP contribution in [0.2, 0.25) is 0 Å². The van der Waals surface area contributed by atoms with Crippen molar-refractivity contribution >= 4 is 23.3 Å². The highest BCUT2D eigenvalue weighted by Crippen LogP contribution is 2.32. The molecule has 1 unspecified atom stereocenters. The number of rotatable bonds is 6. The van der Waals surface area contributed by atoms with E-state index in [1.54, 1.807) is 30.5 Å². The fourth-order valence-corrected chi connectivity index (χ4v) is 2.75. The van der Waals surface area contributed by atoms with E-state index >= 15 is 0 Å². The Morgan fingerprint density at radius 1 is 1.23 bits per heavy atom. The van der Waals surface area contributed by atoms with Crippen molar-refractivity contribution in [1.82, 2.24) is 10.3 Å². The molecule has 0 spiro atoms. The summed E-state index contributed by atoms with van der Waals surface area (Å²) in [5, 5.41) is 5.61. The van der Waals surface area contributed by atoms with Gasteiger partial charge in [0.2, 0.25) is 5.91 Å². The Bertz CT molecular complexity index is 766. The van der Waals surface area contributed by atoms with Gasteiger partial charge < -0.3 is 20.3 Å². The quantitative estimate of drug-likeness (QED) is 0.827. The van der Waals surface area contributed by atoms with Gasteiger partial charge in [0.05, 0.1) is 18.8 Å². The van der Waals surface area contributed by atoms with Gasteiger partial charge in [-0.15, -0.1) is 0 Å². The molecule has 136 valence electrons. The van der Waals surface area contributed by atoms with E-state index in [-0.39, 0.29) is 18.4 Å². The lowest BCUT2D eigenvalue weighted by atomic mass is 10.1. The summed E-state index contributed by atoms with van der Waals surface area (Å²) in [6.45, 7) is 3.00. The number of aromatic nitrogens is 1. The smallest absolute Gasteiger partial charge is 0.262 e. The molecular weight excluding hydrogens is 332 g/mol. The fourth-order valence-electron chi connectivity index (χ4n) is 2.75. The molecule has 1 atom stereocenters. The predicted molar refractivity (Wildman–Crippen MR) is 99.2 cm³/mol. The fraction of sp³-hybridized carbons (Fsp3) is 0.316. The Morgan fingerprint density at radius 3 is 2.81 bits per heavy atom. The molecule has 1 aromatic heterocycles. The second kappa shape index (κ2) is 8.33. The van der Waals surface area contributed by atoms with Crippen LogP contribution in [0.3, 0.4) is 0 Å². The maximum Gasteiger partial charge on any atom is 0.262 e. The standard InChI is InChI=1S/C19H22N4O3/c1-2-10-21-19(25)16-12-23(14-7-3-4-8-15(14)26-16)13-18(24)22-17-9-5-6-11-20-17/h3-9,11,16H,2,10,12-13H2,1H3,(H,21,25)(H,20,22,24). The minimum absolute atomic E-state index is 0.106. The largest absolute Gasteiger partial charge is 0.477 e. The number of benzene rings is 1. The van der Waals surface area contributed by atoms with E-state index in [1.165, 1.54) is 0 Å². The minimum atomic E-state index is -0.654. The van der Waals surface area contributed by atoms with Crippen LogP contribution in [0.5, 0.6) is 5.75 Å². The van der Waals surface area contributed by atoms with E-state index in [2.05, 4.69) is 15.6 Å². The molecule has 2 heterocycles. The molecule has 26 heavy (non-hydrogen) atoms. The van der Waals surface area contributed by atoms with Gasteiger partial charge in [-0.1, -0.05) is 25.1 Å². The highest BCUT2D eigenvalue weighted by atomic mass is 16.5. The number of hydrogen-bond donors (Lipinski definition) is 2. The van der Waals surface area contributed by atoms with Gasteiger partial charge in [-0.3, -0.25) is 9.59 Å². The third-order valence-corrected chi connectivity index (χ3v) is 3.97. The summed E-state index contributed by atoms with van der Waals surface area (Å²) in [7, 11) is 0. The first-order valence-electron chi connectivity index (χ1n) is 8.66. The van der Waals surface area contributed by atoms with Gasteiger partial charge in [0.1, 0.15) is 11.6 Å². The zero-order chi connectivity index (χ0) is 18.4. The lowest BCUT2D eigenvalue weighted by molar-refractivity contribution is -0.128. The molecule has 0 fully saturated rings. The number of pyridine rings is 1. The molecule has 0 bridgehead atoms. The third-order valence-electron chi connectivity index (χ3n) is 3.97. The summed E-state index contributed by atoms with van der Waals surface area (Å²) in [4.78, 5) is 30.7. The molecule has 0 aliphatic carbocycles. The summed E-state index contributed by atoms with van der Waals surface area (Å²) in [5.74, 6) is 0.724. The molecule has 1 aliphatic heterocycles. The van der Waals surface area contributed by atoms with Gasteiger partial charge in [-0.2, -0.15) is 0 Å². The van der Waals surface area contributed by atoms with Crippen molar-refractivity contribution in [2.45, 2.75) is 19.4 Å². The van der Waals surface area contributed by atoms with Crippen LogP contribution in [0, 0.1) is 0 Å². The van der Waals surface area contributed by atoms with Crippen LogP contribution >= 0.6 is 0 Å². The van der Waals surface area contributed by atoms with Crippen LogP contribution in [0.25, 0.3) is 0 Å². The van der Waals surface area contributed by atoms with E-state index in [4.69, 9.17) is 4.74 Å². The van der Waals surface area contributed by atoms with Crippen LogP contribution < -0.4 is 20.3 Å². The average Bonchev–Trinajstić information content (AvgIpc) is 2.66. The normalized spacial score (nSPS) is 15.6. The molecule has 7 nitrogen and oxygen atoms in total. The van der Waals surface area contributed by atoms with Crippen molar-refractivity contribution in [3.63, 3.8) is 0 Å². The number of nitrogens with one attached hydrogen (secondary N) is 2. The van der Waals surface area contributed by atoms with E-state index in [1.807, 2.05) is 30.0 Å². The zero-order valence-electron chi connectivity index (χ0n) is 14.6. The Kier molecular flexibility index (Phi) is 5.68. The van der Waals surface area contributed by atoms with Gasteiger partial charge in [-0.05, 0) is 30.7 Å². The van der Waals surface area contributed by atoms with Crippen LogP contribution in [0.1, 0.15) is 13.3 Å². The van der Waals surface area contributed by atoms with Crippen LogP contribution in [0.4, 0.5) is 11.5 Å². The van der Waals surface area contributed by atoms with Crippen molar-refractivity contribution in [3.05, 3.63) is 48.7 Å². The summed E-state index contributed by atoms with van der Waals surface area (Å²) in [6, 6.07) is 12.7. The maximum absolute atomic E-state index is 12.4. The van der Waals surface area contributed by atoms with Gasteiger partial charge in [0.15, 0.2) is 6.10 Å². The van der Waals surface area contributed by atoms with Gasteiger partial charge in [0, 0.05) is 12.7 Å². The molecule has 3 rings (SSSR count). The van der Waals surface area contributed by atoms with Crippen LogP contribution in [-0.2, 0) is 9.59 Å². The zero-order valence-corrected chi connectivity index (χ0v) is 14.6. The number of para-hydroxylation sites is 2. The van der Waals surface area contributed by atoms with Gasteiger partial charge in [-0.25, -0.2) is 4.98 Å². The van der Waals surface area contributed by atoms with Crippen molar-refractivity contribution in [3.8, 4) is 5.75 Å². The lowest BCUT2D eigenvalue weighted by Crippen LogP contribution is -2.50. The van der Waals surface area contributed by atoms with E-state index in [0.717, 1.165) is 12.1 Å². The molecule has 2 aromatic rings. The number of carbonyl (C=O) groups excluding carboxylic acids is 2. The van der Waals surface area contributed by atoms with Gasteiger partial charge >= 0.3 is 0 Å². The van der Waals surface area contributed by atoms with Crippen LogP contribution in [-0.4, -0.2) is 42.5 Å². The number of ether oxygens (including phenoxy) is 1. The Morgan fingerprint density at radius 2 is 2.04 bits per heavy atom. The van der Waals surface area contributed by atoms with Crippen molar-refractivity contribution in [1.29, 1.82) is 0 Å². The van der Waals surface area contributed by atoms with E-state index in [0.29, 0.717) is 24.7 Å². The van der Waals surface area contributed by atoms with E-state index < -0.39 is 6.10 Å². The first kappa shape index (κ1) is 17.7. The highest BCUT2D eigenvalue weighted by molar-refractivity contribution is 5.94. The SMILES string of the molecule is CCCNC(=O)C1CN(CC(=O)Nc2ccccn2)c2ccccc2O1. The molecule has 0 saturated carbocycles. The minimum Gasteiger partial charge on any atom is -0.477 e. The van der Waals surface area contributed by atoms with Gasteiger partial charge in [0.25, 0.3) is 5.91 Å². The molecule has 2 N–H and O–H groups in total. The molecule has 1 aromatic carbocycles. The highest BCUT2D eigenvalue weighted by Gasteiger charge is 2.31. The number of fused-ring (bicyclic) bond motifs is 1. The number of nitrogens with zero attached hydrogens (tertiary/aromatic N) is 2. The second-order valence-corrected chi connectivity index (χ2v) is 6.01. The van der Waals surface area contributed by atoms with E-state index in [9.17, 15) is 9.59 Å². The summed E-state index contributed by atoms with van der Waals surface area (Å²) in [6.07, 6.45) is 1.82. The Balaban J connectivity index is 1.72. The first-order chi connectivity index (χ1) is 12.7. The monoisotopic (exact) mass is 354 g/mol.